The van der Waals surface area contributed by atoms with E-state index in [2.05, 4.69) is 73.0 Å². The van der Waals surface area contributed by atoms with Gasteiger partial charge in [0, 0.05) is 12.0 Å². The highest BCUT2D eigenvalue weighted by atomic mass is 127. The summed E-state index contributed by atoms with van der Waals surface area (Å²) in [6.07, 6.45) is 3.47. The number of para-hydroxylation sites is 1. The lowest BCUT2D eigenvalue weighted by Gasteiger charge is -2.10. The lowest BCUT2D eigenvalue weighted by Crippen LogP contribution is -3.00. The smallest absolute Gasteiger partial charge is 0.245 e. The Morgan fingerprint density at radius 2 is 1.73 bits per heavy atom. The van der Waals surface area contributed by atoms with Crippen LogP contribution in [0.15, 0.2) is 36.4 Å². The number of rotatable bonds is 1. The second kappa shape index (κ2) is 5.69. The number of nitrogens with zero attached hydrogens (tertiary/aromatic N) is 2. The molecule has 2 nitrogen and oxygen atoms in total. The number of benzene rings is 2. The number of halogens is 1. The van der Waals surface area contributed by atoms with Crippen molar-refractivity contribution in [1.29, 1.82) is 0 Å². The lowest BCUT2D eigenvalue weighted by molar-refractivity contribution is -0.429. The Labute approximate surface area is 149 Å². The first-order chi connectivity index (χ1) is 10.1. The Morgan fingerprint density at radius 1 is 1.05 bits per heavy atom. The predicted octanol–water partition coefficient (Wildman–Crippen LogP) is 0.733. The quantitative estimate of drug-likeness (QED) is 0.502. The molecule has 1 atom stereocenters. The minimum Gasteiger partial charge on any atom is -1.00 e. The Bertz CT molecular complexity index is 741. The fourth-order valence-electron chi connectivity index (χ4n) is 3.99. The summed E-state index contributed by atoms with van der Waals surface area (Å²) in [4.78, 5) is 2.45. The molecule has 2 aromatic carbocycles. The summed E-state index contributed by atoms with van der Waals surface area (Å²) in [6.45, 7) is 7.70. The highest BCUT2D eigenvalue weighted by Crippen LogP contribution is 2.35. The molecule has 0 unspecified atom stereocenters. The number of fused-ring (bicyclic) bond motifs is 3. The summed E-state index contributed by atoms with van der Waals surface area (Å²) < 4.78 is 2.44. The maximum Gasteiger partial charge on any atom is 0.245 e. The summed E-state index contributed by atoms with van der Waals surface area (Å²) >= 11 is 0. The molecule has 0 aliphatic carbocycles. The number of aryl methyl sites for hydroxylation is 3. The summed E-state index contributed by atoms with van der Waals surface area (Å²) in [7, 11) is 0. The average Bonchev–Trinajstić information content (AvgIpc) is 2.94. The van der Waals surface area contributed by atoms with E-state index in [1.165, 1.54) is 33.6 Å². The summed E-state index contributed by atoms with van der Waals surface area (Å²) in [6, 6.07) is 13.9. The molecule has 0 spiro atoms. The highest BCUT2D eigenvalue weighted by molar-refractivity contribution is 5.83. The summed E-state index contributed by atoms with van der Waals surface area (Å²) in [5, 5.41) is 0. The van der Waals surface area contributed by atoms with Crippen LogP contribution in [0, 0.1) is 20.8 Å². The zero-order valence-corrected chi connectivity index (χ0v) is 15.5. The molecule has 0 saturated heterocycles. The Morgan fingerprint density at radius 3 is 2.45 bits per heavy atom. The van der Waals surface area contributed by atoms with Crippen molar-refractivity contribution in [2.45, 2.75) is 33.2 Å². The van der Waals surface area contributed by atoms with Gasteiger partial charge >= 0.3 is 0 Å². The third-order valence-corrected chi connectivity index (χ3v) is 4.71. The van der Waals surface area contributed by atoms with Crippen LogP contribution in [0.5, 0.6) is 0 Å². The van der Waals surface area contributed by atoms with Crippen molar-refractivity contribution in [2.24, 2.45) is 0 Å². The van der Waals surface area contributed by atoms with Gasteiger partial charge in [0.1, 0.15) is 24.0 Å². The van der Waals surface area contributed by atoms with E-state index in [4.69, 9.17) is 0 Å². The predicted molar refractivity (Wildman–Crippen MR) is 87.9 cm³/mol. The third-order valence-electron chi connectivity index (χ3n) is 4.71. The molecule has 0 radical (unpaired) electrons. The van der Waals surface area contributed by atoms with Gasteiger partial charge in [0.2, 0.25) is 6.34 Å². The average molecular weight is 404 g/mol. The van der Waals surface area contributed by atoms with Gasteiger partial charge in [-0.2, -0.15) is 0 Å². The van der Waals surface area contributed by atoms with E-state index >= 15 is 0 Å². The first kappa shape index (κ1) is 15.5. The molecule has 0 bridgehead atoms. The monoisotopic (exact) mass is 404 g/mol. The summed E-state index contributed by atoms with van der Waals surface area (Å²) in [5.74, 6) is 0. The first-order valence-electron chi connectivity index (χ1n) is 7.69. The van der Waals surface area contributed by atoms with Gasteiger partial charge in [-0.25, -0.2) is 9.48 Å². The van der Waals surface area contributed by atoms with Crippen LogP contribution < -0.4 is 28.9 Å². The Kier molecular flexibility index (Phi) is 4.02. The highest BCUT2D eigenvalue weighted by Gasteiger charge is 2.41. The van der Waals surface area contributed by atoms with Crippen LogP contribution in [0.3, 0.4) is 0 Å². The molecule has 3 heteroatoms. The van der Waals surface area contributed by atoms with Gasteiger partial charge in [0.15, 0.2) is 0 Å². The Hall–Kier alpha value is -1.36. The van der Waals surface area contributed by atoms with Gasteiger partial charge in [0.25, 0.3) is 0 Å². The molecular formula is C19H21IN2. The molecule has 2 aliphatic heterocycles. The van der Waals surface area contributed by atoms with Crippen molar-refractivity contribution in [3.8, 4) is 0 Å². The zero-order valence-electron chi connectivity index (χ0n) is 13.3. The van der Waals surface area contributed by atoms with Crippen LogP contribution in [0.1, 0.15) is 22.3 Å². The fraction of sp³-hybridized carbons (Fsp3) is 0.316. The van der Waals surface area contributed by atoms with Crippen LogP contribution in [0.4, 0.5) is 11.4 Å². The van der Waals surface area contributed by atoms with E-state index in [0.717, 1.165) is 13.0 Å². The number of hydrogen-bond acceptors (Lipinski definition) is 1. The van der Waals surface area contributed by atoms with Crippen molar-refractivity contribution in [1.82, 2.24) is 0 Å². The minimum absolute atomic E-state index is 0. The van der Waals surface area contributed by atoms with Crippen molar-refractivity contribution >= 4 is 17.7 Å². The Balaban J connectivity index is 0.00000144. The molecule has 0 saturated carbocycles. The fourth-order valence-corrected chi connectivity index (χ4v) is 3.99. The normalized spacial score (nSPS) is 18.6. The zero-order chi connectivity index (χ0) is 14.6. The van der Waals surface area contributed by atoms with Crippen molar-refractivity contribution in [3.63, 3.8) is 0 Å². The maximum atomic E-state index is 2.45. The second-order valence-electron chi connectivity index (χ2n) is 6.41. The van der Waals surface area contributed by atoms with Crippen LogP contribution in [0.25, 0.3) is 0 Å². The molecule has 0 N–H and O–H groups in total. The van der Waals surface area contributed by atoms with Crippen molar-refractivity contribution in [3.05, 3.63) is 58.7 Å². The molecular weight excluding hydrogens is 383 g/mol. The maximum absolute atomic E-state index is 2.45. The molecule has 0 fully saturated rings. The van der Waals surface area contributed by atoms with Gasteiger partial charge < -0.3 is 24.0 Å². The SMILES string of the molecule is Cc1cc(C)c([N+]2=CN3c4ccccc4C[C@@H]3C2)c(C)c1.[I-]. The molecule has 22 heavy (non-hydrogen) atoms. The van der Waals surface area contributed by atoms with E-state index in [1.54, 1.807) is 0 Å². The summed E-state index contributed by atoms with van der Waals surface area (Å²) in [5.41, 5.74) is 8.34. The van der Waals surface area contributed by atoms with Crippen molar-refractivity contribution < 1.29 is 28.6 Å². The molecule has 4 rings (SSSR count). The molecule has 2 aliphatic rings. The van der Waals surface area contributed by atoms with E-state index in [-0.39, 0.29) is 24.0 Å². The van der Waals surface area contributed by atoms with Crippen LogP contribution in [-0.2, 0) is 6.42 Å². The number of hydrogen-bond donors (Lipinski definition) is 0. The largest absolute Gasteiger partial charge is 1.00 e. The van der Waals surface area contributed by atoms with Gasteiger partial charge in [-0.3, -0.25) is 0 Å². The first-order valence-corrected chi connectivity index (χ1v) is 7.69. The van der Waals surface area contributed by atoms with Gasteiger partial charge in [0.05, 0.1) is 0 Å². The van der Waals surface area contributed by atoms with Crippen LogP contribution >= 0.6 is 0 Å². The topological polar surface area (TPSA) is 6.25 Å². The van der Waals surface area contributed by atoms with E-state index in [1.807, 2.05) is 0 Å². The van der Waals surface area contributed by atoms with Gasteiger partial charge in [-0.05, 0) is 38.0 Å². The molecule has 0 aromatic heterocycles. The van der Waals surface area contributed by atoms with Gasteiger partial charge in [-0.1, -0.05) is 35.9 Å². The lowest BCUT2D eigenvalue weighted by atomic mass is 10.0. The second-order valence-corrected chi connectivity index (χ2v) is 6.41. The van der Waals surface area contributed by atoms with E-state index < -0.39 is 0 Å². The molecule has 2 aromatic rings. The van der Waals surface area contributed by atoms with Crippen molar-refractivity contribution in [2.75, 3.05) is 11.4 Å². The van der Waals surface area contributed by atoms with E-state index in [9.17, 15) is 0 Å². The molecule has 2 heterocycles. The minimum atomic E-state index is 0. The molecule has 0 amide bonds. The van der Waals surface area contributed by atoms with Crippen LogP contribution in [-0.4, -0.2) is 23.5 Å². The number of anilines is 1. The van der Waals surface area contributed by atoms with Crippen LogP contribution in [0.2, 0.25) is 0 Å². The third kappa shape index (κ3) is 2.35. The standard InChI is InChI=1S/C19H21N2.HI/c1-13-8-14(2)19(15(3)9-13)20-11-17-10-16-6-4-5-7-18(16)21(17)12-20;/h4-9,12,17H,10-11H2,1-3H3;1H/q+1;/p-1/t17-;/m1./s1. The van der Waals surface area contributed by atoms with Gasteiger partial charge in [-0.15, -0.1) is 0 Å². The molecule has 114 valence electrons. The van der Waals surface area contributed by atoms with E-state index in [0.29, 0.717) is 6.04 Å².